The first kappa shape index (κ1) is 8.72. The molecule has 1 N–H and O–H groups in total. The highest BCUT2D eigenvalue weighted by molar-refractivity contribution is 5.49. The molecule has 1 aliphatic rings. The Hall–Kier alpha value is -0.370. The Morgan fingerprint density at radius 2 is 2.27 bits per heavy atom. The Kier molecular flexibility index (Phi) is 3.06. The van der Waals surface area contributed by atoms with Gasteiger partial charge in [0, 0.05) is 6.42 Å². The van der Waals surface area contributed by atoms with Gasteiger partial charge in [0.15, 0.2) is 0 Å². The minimum Gasteiger partial charge on any atom is -0.393 e. The summed E-state index contributed by atoms with van der Waals surface area (Å²) in [5.74, 6) is 1.04. The second-order valence-corrected chi connectivity index (χ2v) is 3.61. The summed E-state index contributed by atoms with van der Waals surface area (Å²) in [4.78, 5) is 10.2. The topological polar surface area (TPSA) is 37.3 Å². The molecule has 2 heteroatoms. The highest BCUT2D eigenvalue weighted by atomic mass is 16.3. The number of aldehydes is 1. The van der Waals surface area contributed by atoms with Crippen molar-refractivity contribution in [2.75, 3.05) is 0 Å². The Bertz CT molecular complexity index is 134. The van der Waals surface area contributed by atoms with Crippen molar-refractivity contribution >= 4 is 6.29 Å². The van der Waals surface area contributed by atoms with Crippen LogP contribution < -0.4 is 0 Å². The molecule has 64 valence electrons. The van der Waals surface area contributed by atoms with Crippen molar-refractivity contribution in [3.05, 3.63) is 0 Å². The SMILES string of the molecule is CC1CC(O)CCC1CC=O. The monoisotopic (exact) mass is 156 g/mol. The minimum absolute atomic E-state index is 0.118. The lowest BCUT2D eigenvalue weighted by molar-refractivity contribution is -0.109. The second kappa shape index (κ2) is 3.86. The van der Waals surface area contributed by atoms with Gasteiger partial charge in [-0.2, -0.15) is 0 Å². The summed E-state index contributed by atoms with van der Waals surface area (Å²) in [6.07, 6.45) is 4.32. The van der Waals surface area contributed by atoms with E-state index in [0.717, 1.165) is 25.5 Å². The molecule has 0 amide bonds. The zero-order valence-corrected chi connectivity index (χ0v) is 6.99. The van der Waals surface area contributed by atoms with E-state index in [0.29, 0.717) is 18.3 Å². The molecule has 2 nitrogen and oxygen atoms in total. The van der Waals surface area contributed by atoms with Crippen molar-refractivity contribution in [2.24, 2.45) is 11.8 Å². The van der Waals surface area contributed by atoms with Gasteiger partial charge in [0.1, 0.15) is 6.29 Å². The third-order valence-electron chi connectivity index (χ3n) is 2.72. The van der Waals surface area contributed by atoms with E-state index in [-0.39, 0.29) is 6.10 Å². The van der Waals surface area contributed by atoms with E-state index in [1.165, 1.54) is 0 Å². The molecule has 0 bridgehead atoms. The number of hydrogen-bond acceptors (Lipinski definition) is 2. The first-order valence-electron chi connectivity index (χ1n) is 4.35. The van der Waals surface area contributed by atoms with E-state index in [1.54, 1.807) is 0 Å². The minimum atomic E-state index is -0.118. The molecule has 3 unspecified atom stereocenters. The lowest BCUT2D eigenvalue weighted by Gasteiger charge is -2.30. The quantitative estimate of drug-likeness (QED) is 0.613. The van der Waals surface area contributed by atoms with Crippen LogP contribution in [0.25, 0.3) is 0 Å². The summed E-state index contributed by atoms with van der Waals surface area (Å²) < 4.78 is 0. The van der Waals surface area contributed by atoms with Gasteiger partial charge in [-0.1, -0.05) is 6.92 Å². The van der Waals surface area contributed by atoms with Crippen LogP contribution in [-0.2, 0) is 4.79 Å². The van der Waals surface area contributed by atoms with Crippen LogP contribution in [0.2, 0.25) is 0 Å². The Morgan fingerprint density at radius 1 is 1.55 bits per heavy atom. The molecule has 1 aliphatic carbocycles. The molecule has 0 radical (unpaired) electrons. The Labute approximate surface area is 67.6 Å². The van der Waals surface area contributed by atoms with Crippen molar-refractivity contribution in [1.29, 1.82) is 0 Å². The number of carbonyl (C=O) groups excluding carboxylic acids is 1. The first-order valence-corrected chi connectivity index (χ1v) is 4.35. The lowest BCUT2D eigenvalue weighted by atomic mass is 9.78. The fourth-order valence-corrected chi connectivity index (χ4v) is 1.90. The summed E-state index contributed by atoms with van der Waals surface area (Å²) >= 11 is 0. The molecular weight excluding hydrogens is 140 g/mol. The van der Waals surface area contributed by atoms with Crippen molar-refractivity contribution in [2.45, 2.75) is 38.7 Å². The van der Waals surface area contributed by atoms with E-state index in [1.807, 2.05) is 0 Å². The van der Waals surface area contributed by atoms with Crippen LogP contribution in [0.15, 0.2) is 0 Å². The average Bonchev–Trinajstić information content (AvgIpc) is 1.95. The molecule has 0 aliphatic heterocycles. The van der Waals surface area contributed by atoms with Crippen LogP contribution in [0.5, 0.6) is 0 Å². The van der Waals surface area contributed by atoms with Crippen LogP contribution in [-0.4, -0.2) is 17.5 Å². The standard InChI is InChI=1S/C9H16O2/c1-7-6-9(11)3-2-8(7)4-5-10/h5,7-9,11H,2-4,6H2,1H3. The van der Waals surface area contributed by atoms with Gasteiger partial charge in [-0.15, -0.1) is 0 Å². The van der Waals surface area contributed by atoms with E-state index in [2.05, 4.69) is 6.92 Å². The highest BCUT2D eigenvalue weighted by Gasteiger charge is 2.25. The molecule has 1 fully saturated rings. The number of carbonyl (C=O) groups is 1. The maximum absolute atomic E-state index is 10.2. The Morgan fingerprint density at radius 3 is 2.82 bits per heavy atom. The molecule has 3 atom stereocenters. The van der Waals surface area contributed by atoms with Crippen LogP contribution in [0.1, 0.15) is 32.6 Å². The van der Waals surface area contributed by atoms with Gasteiger partial charge in [0.25, 0.3) is 0 Å². The zero-order chi connectivity index (χ0) is 8.27. The molecule has 0 aromatic rings. The average molecular weight is 156 g/mol. The lowest BCUT2D eigenvalue weighted by Crippen LogP contribution is -2.26. The van der Waals surface area contributed by atoms with Crippen LogP contribution >= 0.6 is 0 Å². The smallest absolute Gasteiger partial charge is 0.120 e. The predicted octanol–water partition coefficient (Wildman–Crippen LogP) is 1.37. The van der Waals surface area contributed by atoms with Crippen LogP contribution in [0, 0.1) is 11.8 Å². The summed E-state index contributed by atoms with van der Waals surface area (Å²) in [6, 6.07) is 0. The molecule has 1 rings (SSSR count). The number of rotatable bonds is 2. The molecular formula is C9H16O2. The van der Waals surface area contributed by atoms with E-state index < -0.39 is 0 Å². The van der Waals surface area contributed by atoms with Gasteiger partial charge in [-0.25, -0.2) is 0 Å². The fraction of sp³-hybridized carbons (Fsp3) is 0.889. The zero-order valence-electron chi connectivity index (χ0n) is 6.99. The van der Waals surface area contributed by atoms with Crippen molar-refractivity contribution in [3.8, 4) is 0 Å². The number of hydrogen-bond donors (Lipinski definition) is 1. The summed E-state index contributed by atoms with van der Waals surface area (Å²) in [5, 5.41) is 9.28. The molecule has 11 heavy (non-hydrogen) atoms. The van der Waals surface area contributed by atoms with Gasteiger partial charge >= 0.3 is 0 Å². The molecule has 0 spiro atoms. The maximum atomic E-state index is 10.2. The molecule has 0 heterocycles. The normalized spacial score (nSPS) is 38.5. The Balaban J connectivity index is 2.37. The van der Waals surface area contributed by atoms with Gasteiger partial charge < -0.3 is 9.90 Å². The van der Waals surface area contributed by atoms with Gasteiger partial charge in [-0.3, -0.25) is 0 Å². The number of aliphatic hydroxyl groups is 1. The van der Waals surface area contributed by atoms with E-state index in [9.17, 15) is 9.90 Å². The predicted molar refractivity (Wildman–Crippen MR) is 43.2 cm³/mol. The van der Waals surface area contributed by atoms with E-state index >= 15 is 0 Å². The molecule has 0 saturated heterocycles. The number of aliphatic hydroxyl groups excluding tert-OH is 1. The maximum Gasteiger partial charge on any atom is 0.120 e. The fourth-order valence-electron chi connectivity index (χ4n) is 1.90. The largest absolute Gasteiger partial charge is 0.393 e. The van der Waals surface area contributed by atoms with Gasteiger partial charge in [0.05, 0.1) is 6.10 Å². The summed E-state index contributed by atoms with van der Waals surface area (Å²) in [5.41, 5.74) is 0. The second-order valence-electron chi connectivity index (χ2n) is 3.61. The summed E-state index contributed by atoms with van der Waals surface area (Å²) in [7, 11) is 0. The van der Waals surface area contributed by atoms with Crippen molar-refractivity contribution in [3.63, 3.8) is 0 Å². The third-order valence-corrected chi connectivity index (χ3v) is 2.72. The molecule has 0 aromatic heterocycles. The summed E-state index contributed by atoms with van der Waals surface area (Å²) in [6.45, 7) is 2.12. The van der Waals surface area contributed by atoms with Crippen LogP contribution in [0.4, 0.5) is 0 Å². The van der Waals surface area contributed by atoms with Crippen molar-refractivity contribution in [1.82, 2.24) is 0 Å². The van der Waals surface area contributed by atoms with Gasteiger partial charge in [0.2, 0.25) is 0 Å². The van der Waals surface area contributed by atoms with Crippen molar-refractivity contribution < 1.29 is 9.90 Å². The van der Waals surface area contributed by atoms with Crippen LogP contribution in [0.3, 0.4) is 0 Å². The van der Waals surface area contributed by atoms with E-state index in [4.69, 9.17) is 0 Å². The highest BCUT2D eigenvalue weighted by Crippen LogP contribution is 2.31. The first-order chi connectivity index (χ1) is 5.24. The third kappa shape index (κ3) is 2.29. The molecule has 1 saturated carbocycles. The van der Waals surface area contributed by atoms with Gasteiger partial charge in [-0.05, 0) is 31.1 Å². The molecule has 0 aromatic carbocycles.